The number of hydrogen-bond donors (Lipinski definition) is 1. The van der Waals surface area contributed by atoms with Crippen molar-refractivity contribution in [3.8, 4) is 11.3 Å². The van der Waals surface area contributed by atoms with Crippen molar-refractivity contribution in [3.05, 3.63) is 64.5 Å². The SMILES string of the molecule is CCc1sc(NC(=O)C2CC(=O)N(c3ccc(C)cc3C)C2)nc1-c1ccccc1. The number of nitrogens with zero attached hydrogens (tertiary/aromatic N) is 2. The van der Waals surface area contributed by atoms with Crippen molar-refractivity contribution in [1.82, 2.24) is 4.98 Å². The lowest BCUT2D eigenvalue weighted by atomic mass is 10.1. The molecule has 1 aliphatic rings. The maximum absolute atomic E-state index is 12.9. The van der Waals surface area contributed by atoms with Gasteiger partial charge in [-0.2, -0.15) is 0 Å². The van der Waals surface area contributed by atoms with Gasteiger partial charge < -0.3 is 10.2 Å². The molecule has 4 rings (SSSR count). The standard InChI is InChI=1S/C24H25N3O2S/c1-4-20-22(17-8-6-5-7-9-17)25-24(30-20)26-23(29)18-13-21(28)27(14-18)19-11-10-15(2)12-16(19)3/h5-12,18H,4,13-14H2,1-3H3,(H,25,26,29). The van der Waals surface area contributed by atoms with Gasteiger partial charge in [-0.1, -0.05) is 55.0 Å². The molecule has 3 aromatic rings. The number of anilines is 2. The summed E-state index contributed by atoms with van der Waals surface area (Å²) in [7, 11) is 0. The van der Waals surface area contributed by atoms with E-state index in [9.17, 15) is 9.59 Å². The summed E-state index contributed by atoms with van der Waals surface area (Å²) in [5, 5.41) is 3.55. The molecule has 1 saturated heterocycles. The lowest BCUT2D eigenvalue weighted by Gasteiger charge is -2.19. The third kappa shape index (κ3) is 4.00. The molecular formula is C24H25N3O2S. The summed E-state index contributed by atoms with van der Waals surface area (Å²) < 4.78 is 0. The summed E-state index contributed by atoms with van der Waals surface area (Å²) in [5.41, 5.74) is 5.04. The number of carbonyl (C=O) groups is 2. The van der Waals surface area contributed by atoms with E-state index in [1.165, 1.54) is 11.3 Å². The topological polar surface area (TPSA) is 62.3 Å². The number of hydrogen-bond acceptors (Lipinski definition) is 4. The first kappa shape index (κ1) is 20.3. The minimum atomic E-state index is -0.382. The molecule has 0 saturated carbocycles. The van der Waals surface area contributed by atoms with Crippen LogP contribution in [-0.4, -0.2) is 23.3 Å². The fourth-order valence-corrected chi connectivity index (χ4v) is 4.82. The van der Waals surface area contributed by atoms with Crippen molar-refractivity contribution < 1.29 is 9.59 Å². The van der Waals surface area contributed by atoms with Crippen LogP contribution >= 0.6 is 11.3 Å². The predicted molar refractivity (Wildman–Crippen MR) is 122 cm³/mol. The Balaban J connectivity index is 1.50. The summed E-state index contributed by atoms with van der Waals surface area (Å²) in [6.45, 7) is 6.51. The maximum atomic E-state index is 12.9. The van der Waals surface area contributed by atoms with E-state index in [4.69, 9.17) is 0 Å². The molecule has 1 aliphatic heterocycles. The number of nitrogens with one attached hydrogen (secondary N) is 1. The summed E-state index contributed by atoms with van der Waals surface area (Å²) in [4.78, 5) is 33.0. The zero-order valence-corrected chi connectivity index (χ0v) is 18.3. The molecule has 1 aromatic heterocycles. The smallest absolute Gasteiger partial charge is 0.231 e. The van der Waals surface area contributed by atoms with Gasteiger partial charge >= 0.3 is 0 Å². The van der Waals surface area contributed by atoms with Crippen LogP contribution in [0.4, 0.5) is 10.8 Å². The van der Waals surface area contributed by atoms with Crippen LogP contribution in [0, 0.1) is 19.8 Å². The summed E-state index contributed by atoms with van der Waals surface area (Å²) >= 11 is 1.50. The van der Waals surface area contributed by atoms with Crippen LogP contribution in [-0.2, 0) is 16.0 Å². The van der Waals surface area contributed by atoms with Crippen molar-refractivity contribution in [2.24, 2.45) is 5.92 Å². The van der Waals surface area contributed by atoms with Crippen molar-refractivity contribution in [2.75, 3.05) is 16.8 Å². The van der Waals surface area contributed by atoms with Crippen LogP contribution in [0.3, 0.4) is 0 Å². The Labute approximate surface area is 180 Å². The number of aromatic nitrogens is 1. The lowest BCUT2D eigenvalue weighted by Crippen LogP contribution is -2.28. The number of aryl methyl sites for hydroxylation is 3. The number of thiazole rings is 1. The second-order valence-electron chi connectivity index (χ2n) is 7.69. The zero-order chi connectivity index (χ0) is 21.3. The average molecular weight is 420 g/mol. The van der Waals surface area contributed by atoms with Gasteiger partial charge in [-0.25, -0.2) is 4.98 Å². The minimum Gasteiger partial charge on any atom is -0.311 e. The number of carbonyl (C=O) groups excluding carboxylic acids is 2. The molecule has 1 atom stereocenters. The van der Waals surface area contributed by atoms with Crippen LogP contribution in [0.1, 0.15) is 29.3 Å². The normalized spacial score (nSPS) is 16.2. The molecule has 2 aromatic carbocycles. The fourth-order valence-electron chi connectivity index (χ4n) is 3.90. The Morgan fingerprint density at radius 2 is 1.97 bits per heavy atom. The van der Waals surface area contributed by atoms with E-state index in [1.807, 2.05) is 56.3 Å². The number of benzene rings is 2. The Kier molecular flexibility index (Phi) is 5.68. The highest BCUT2D eigenvalue weighted by Crippen LogP contribution is 2.33. The van der Waals surface area contributed by atoms with Crippen molar-refractivity contribution >= 4 is 34.0 Å². The molecule has 2 amide bonds. The summed E-state index contributed by atoms with van der Waals surface area (Å²) in [5.74, 6) is -0.542. The highest BCUT2D eigenvalue weighted by atomic mass is 32.1. The quantitative estimate of drug-likeness (QED) is 0.634. The summed E-state index contributed by atoms with van der Waals surface area (Å²) in [6.07, 6.45) is 1.07. The van der Waals surface area contributed by atoms with E-state index in [-0.39, 0.29) is 24.2 Å². The highest BCUT2D eigenvalue weighted by Gasteiger charge is 2.36. The van der Waals surface area contributed by atoms with Crippen LogP contribution in [0.15, 0.2) is 48.5 Å². The summed E-state index contributed by atoms with van der Waals surface area (Å²) in [6, 6.07) is 16.0. The van der Waals surface area contributed by atoms with Gasteiger partial charge in [0.1, 0.15) is 0 Å². The van der Waals surface area contributed by atoms with Crippen molar-refractivity contribution in [3.63, 3.8) is 0 Å². The molecule has 6 heteroatoms. The van der Waals surface area contributed by atoms with Gasteiger partial charge in [-0.3, -0.25) is 9.59 Å². The van der Waals surface area contributed by atoms with E-state index in [2.05, 4.69) is 23.3 Å². The van der Waals surface area contributed by atoms with E-state index in [0.29, 0.717) is 11.7 Å². The Bertz CT molecular complexity index is 1090. The molecule has 0 spiro atoms. The van der Waals surface area contributed by atoms with Crippen LogP contribution < -0.4 is 10.2 Å². The molecule has 1 fully saturated rings. The third-order valence-corrected chi connectivity index (χ3v) is 6.55. The van der Waals surface area contributed by atoms with E-state index < -0.39 is 0 Å². The van der Waals surface area contributed by atoms with E-state index >= 15 is 0 Å². The largest absolute Gasteiger partial charge is 0.311 e. The zero-order valence-electron chi connectivity index (χ0n) is 17.4. The molecule has 1 N–H and O–H groups in total. The molecule has 1 unspecified atom stereocenters. The van der Waals surface area contributed by atoms with Gasteiger partial charge in [0, 0.05) is 29.1 Å². The first-order valence-electron chi connectivity index (χ1n) is 10.2. The molecular weight excluding hydrogens is 394 g/mol. The number of amides is 2. The first-order chi connectivity index (χ1) is 14.5. The monoisotopic (exact) mass is 419 g/mol. The average Bonchev–Trinajstić information content (AvgIpc) is 3.32. The van der Waals surface area contributed by atoms with Crippen LogP contribution in [0.5, 0.6) is 0 Å². The van der Waals surface area contributed by atoms with Crippen LogP contribution in [0.25, 0.3) is 11.3 Å². The molecule has 0 radical (unpaired) electrons. The van der Waals surface area contributed by atoms with Gasteiger partial charge in [0.2, 0.25) is 11.8 Å². The van der Waals surface area contributed by atoms with Gasteiger partial charge in [0.15, 0.2) is 5.13 Å². The molecule has 30 heavy (non-hydrogen) atoms. The minimum absolute atomic E-state index is 0.0135. The van der Waals surface area contributed by atoms with Gasteiger partial charge in [0.25, 0.3) is 0 Å². The molecule has 0 aliphatic carbocycles. The Hall–Kier alpha value is -2.99. The third-order valence-electron chi connectivity index (χ3n) is 5.43. The second-order valence-corrected chi connectivity index (χ2v) is 8.78. The Morgan fingerprint density at radius 1 is 1.20 bits per heavy atom. The van der Waals surface area contributed by atoms with Gasteiger partial charge in [-0.05, 0) is 31.9 Å². The van der Waals surface area contributed by atoms with E-state index in [1.54, 1.807) is 4.90 Å². The van der Waals surface area contributed by atoms with Crippen LogP contribution in [0.2, 0.25) is 0 Å². The maximum Gasteiger partial charge on any atom is 0.231 e. The van der Waals surface area contributed by atoms with Gasteiger partial charge in [0.05, 0.1) is 11.6 Å². The lowest BCUT2D eigenvalue weighted by molar-refractivity contribution is -0.122. The number of rotatable bonds is 5. The molecule has 5 nitrogen and oxygen atoms in total. The fraction of sp³-hybridized carbons (Fsp3) is 0.292. The van der Waals surface area contributed by atoms with Crippen molar-refractivity contribution in [1.29, 1.82) is 0 Å². The molecule has 154 valence electrons. The van der Waals surface area contributed by atoms with Gasteiger partial charge in [-0.15, -0.1) is 11.3 Å². The predicted octanol–water partition coefficient (Wildman–Crippen LogP) is 4.98. The second kappa shape index (κ2) is 8.40. The highest BCUT2D eigenvalue weighted by molar-refractivity contribution is 7.16. The molecule has 2 heterocycles. The Morgan fingerprint density at radius 3 is 2.67 bits per heavy atom. The molecule has 0 bridgehead atoms. The van der Waals surface area contributed by atoms with Crippen molar-refractivity contribution in [2.45, 2.75) is 33.6 Å². The first-order valence-corrected chi connectivity index (χ1v) is 11.0. The van der Waals surface area contributed by atoms with E-state index in [0.717, 1.165) is 39.4 Å².